The Bertz CT molecular complexity index is 708. The molecule has 0 saturated carbocycles. The molecule has 0 bridgehead atoms. The zero-order chi connectivity index (χ0) is 23.7. The van der Waals surface area contributed by atoms with Gasteiger partial charge in [-0.3, -0.25) is 0 Å². The molecule has 174 valence electrons. The predicted molar refractivity (Wildman–Crippen MR) is 129 cm³/mol. The van der Waals surface area contributed by atoms with Crippen molar-refractivity contribution < 1.29 is 15.3 Å². The van der Waals surface area contributed by atoms with Crippen molar-refractivity contribution in [2.24, 2.45) is 5.41 Å². The molecule has 0 aliphatic rings. The molecule has 3 heteroatoms. The van der Waals surface area contributed by atoms with E-state index >= 15 is 0 Å². The van der Waals surface area contributed by atoms with E-state index in [1.54, 1.807) is 0 Å². The second-order valence-corrected chi connectivity index (χ2v) is 12.2. The first kappa shape index (κ1) is 27.0. The van der Waals surface area contributed by atoms with Crippen LogP contribution in [0.1, 0.15) is 130 Å². The molecule has 3 N–H and O–H groups in total. The Morgan fingerprint density at radius 1 is 0.833 bits per heavy atom. The average Bonchev–Trinajstić information content (AvgIpc) is 2.59. The number of hydrogen-bond donors (Lipinski definition) is 3. The lowest BCUT2D eigenvalue weighted by atomic mass is 9.65. The summed E-state index contributed by atoms with van der Waals surface area (Å²) >= 11 is 0. The summed E-state index contributed by atoms with van der Waals surface area (Å²) < 4.78 is 0. The molecule has 1 rings (SSSR count). The molecule has 0 aliphatic carbocycles. The van der Waals surface area contributed by atoms with Gasteiger partial charge in [0, 0.05) is 11.0 Å². The average molecular weight is 421 g/mol. The fourth-order valence-corrected chi connectivity index (χ4v) is 4.54. The molecule has 0 aliphatic heterocycles. The fourth-order valence-electron chi connectivity index (χ4n) is 4.54. The second-order valence-electron chi connectivity index (χ2n) is 12.2. The highest BCUT2D eigenvalue weighted by Gasteiger charge is 2.43. The first-order chi connectivity index (χ1) is 13.5. The van der Waals surface area contributed by atoms with Crippen molar-refractivity contribution in [1.82, 2.24) is 0 Å². The number of hydrogen-bond acceptors (Lipinski definition) is 3. The quantitative estimate of drug-likeness (QED) is 0.450. The minimum Gasteiger partial charge on any atom is -0.507 e. The number of benzene rings is 1. The lowest BCUT2D eigenvalue weighted by Crippen LogP contribution is -2.36. The van der Waals surface area contributed by atoms with Crippen LogP contribution in [0.5, 0.6) is 5.75 Å². The van der Waals surface area contributed by atoms with Crippen molar-refractivity contribution in [1.29, 1.82) is 0 Å². The van der Waals surface area contributed by atoms with E-state index in [1.165, 1.54) is 0 Å². The molecule has 0 spiro atoms. The van der Waals surface area contributed by atoms with Gasteiger partial charge in [-0.1, -0.05) is 95.1 Å². The maximum atomic E-state index is 11.9. The van der Waals surface area contributed by atoms with E-state index in [-0.39, 0.29) is 28.6 Å². The lowest BCUT2D eigenvalue weighted by Gasteiger charge is -2.42. The van der Waals surface area contributed by atoms with E-state index in [4.69, 9.17) is 0 Å². The van der Waals surface area contributed by atoms with Gasteiger partial charge in [-0.25, -0.2) is 0 Å². The smallest absolute Gasteiger partial charge is 0.123 e. The van der Waals surface area contributed by atoms with Gasteiger partial charge in [0.25, 0.3) is 0 Å². The van der Waals surface area contributed by atoms with E-state index in [0.717, 1.165) is 41.5 Å². The highest BCUT2D eigenvalue weighted by Crippen LogP contribution is 2.52. The predicted octanol–water partition coefficient (Wildman–Crippen LogP) is 6.90. The van der Waals surface area contributed by atoms with Crippen LogP contribution >= 0.6 is 0 Å². The number of rotatable bonds is 7. The molecule has 0 heterocycles. The second kappa shape index (κ2) is 9.20. The molecule has 0 fully saturated rings. The van der Waals surface area contributed by atoms with Crippen LogP contribution in [0.4, 0.5) is 0 Å². The van der Waals surface area contributed by atoms with Gasteiger partial charge in [-0.05, 0) is 45.8 Å². The van der Waals surface area contributed by atoms with Crippen LogP contribution < -0.4 is 0 Å². The normalized spacial score (nSPS) is 16.4. The molecule has 0 radical (unpaired) electrons. The van der Waals surface area contributed by atoms with Crippen LogP contribution in [-0.2, 0) is 16.2 Å². The van der Waals surface area contributed by atoms with Crippen molar-refractivity contribution >= 4 is 0 Å². The fraction of sp³-hybridized carbons (Fsp3) is 0.778. The van der Waals surface area contributed by atoms with Gasteiger partial charge in [0.05, 0.1) is 12.7 Å². The number of aliphatic hydroxyl groups excluding tert-OH is 2. The molecule has 0 saturated heterocycles. The summed E-state index contributed by atoms with van der Waals surface area (Å²) in [6.07, 6.45) is 2.56. The highest BCUT2D eigenvalue weighted by molar-refractivity contribution is 5.58. The Hall–Kier alpha value is -1.06. The molecule has 2 atom stereocenters. The van der Waals surface area contributed by atoms with Crippen molar-refractivity contribution in [3.8, 4) is 5.75 Å². The van der Waals surface area contributed by atoms with Gasteiger partial charge in [0.15, 0.2) is 0 Å². The third kappa shape index (κ3) is 5.40. The zero-order valence-corrected chi connectivity index (χ0v) is 21.5. The summed E-state index contributed by atoms with van der Waals surface area (Å²) in [6.45, 7) is 23.2. The van der Waals surface area contributed by atoms with E-state index < -0.39 is 11.5 Å². The number of unbranched alkanes of at least 4 members (excludes halogenated alkanes) is 1. The van der Waals surface area contributed by atoms with Crippen LogP contribution in [-0.4, -0.2) is 21.9 Å². The van der Waals surface area contributed by atoms with Gasteiger partial charge in [0.2, 0.25) is 0 Å². The zero-order valence-electron chi connectivity index (χ0n) is 21.5. The molecule has 0 aromatic heterocycles. The standard InChI is InChI=1S/C27H48O3/c1-12-14-15-27(13-2,17-28)23(30)20-18(24(3,4)5)16-19(25(6,7)8)22(29)21(20)26(9,10)11/h16,23,28-30H,12-15,17H2,1-11H3. The van der Waals surface area contributed by atoms with E-state index in [0.29, 0.717) is 6.42 Å². The van der Waals surface area contributed by atoms with Crippen LogP contribution in [0.3, 0.4) is 0 Å². The summed E-state index contributed by atoms with van der Waals surface area (Å²) in [5, 5.41) is 33.8. The third-order valence-electron chi connectivity index (χ3n) is 6.61. The molecule has 2 unspecified atom stereocenters. The maximum Gasteiger partial charge on any atom is 0.123 e. The van der Waals surface area contributed by atoms with E-state index in [1.807, 2.05) is 6.92 Å². The highest BCUT2D eigenvalue weighted by atomic mass is 16.3. The Morgan fingerprint density at radius 2 is 1.33 bits per heavy atom. The van der Waals surface area contributed by atoms with Crippen molar-refractivity contribution in [2.75, 3.05) is 6.61 Å². The minimum atomic E-state index is -0.845. The minimum absolute atomic E-state index is 0.0698. The number of phenolic OH excluding ortho intramolecular Hbond substituents is 1. The van der Waals surface area contributed by atoms with E-state index in [9.17, 15) is 15.3 Å². The summed E-state index contributed by atoms with van der Waals surface area (Å²) in [5.74, 6) is 0.287. The SMILES string of the molecule is CCCCC(CC)(CO)C(O)c1c(C(C)(C)C)cc(C(C)(C)C)c(O)c1C(C)(C)C. The topological polar surface area (TPSA) is 60.7 Å². The van der Waals surface area contributed by atoms with Crippen LogP contribution in [0.25, 0.3) is 0 Å². The van der Waals surface area contributed by atoms with Gasteiger partial charge >= 0.3 is 0 Å². The summed E-state index contributed by atoms with van der Waals surface area (Å²) in [7, 11) is 0. The Balaban J connectivity index is 4.10. The molecule has 1 aromatic carbocycles. The monoisotopic (exact) mass is 420 g/mol. The van der Waals surface area contributed by atoms with Crippen LogP contribution in [0.2, 0.25) is 0 Å². The van der Waals surface area contributed by atoms with Crippen LogP contribution in [0.15, 0.2) is 6.07 Å². The molecule has 3 nitrogen and oxygen atoms in total. The van der Waals surface area contributed by atoms with Crippen molar-refractivity contribution in [2.45, 2.75) is 124 Å². The lowest BCUT2D eigenvalue weighted by molar-refractivity contribution is -0.0321. The molecular weight excluding hydrogens is 372 g/mol. The van der Waals surface area contributed by atoms with Crippen molar-refractivity contribution in [3.05, 3.63) is 28.3 Å². The van der Waals surface area contributed by atoms with Gasteiger partial charge < -0.3 is 15.3 Å². The third-order valence-corrected chi connectivity index (χ3v) is 6.61. The number of aliphatic hydroxyl groups is 2. The first-order valence-corrected chi connectivity index (χ1v) is 11.7. The van der Waals surface area contributed by atoms with E-state index in [2.05, 4.69) is 75.3 Å². The Kier molecular flexibility index (Phi) is 8.28. The molecule has 0 amide bonds. The van der Waals surface area contributed by atoms with Gasteiger partial charge in [-0.2, -0.15) is 0 Å². The Morgan fingerprint density at radius 3 is 1.67 bits per heavy atom. The maximum absolute atomic E-state index is 11.9. The van der Waals surface area contributed by atoms with Crippen LogP contribution in [0, 0.1) is 5.41 Å². The van der Waals surface area contributed by atoms with Crippen molar-refractivity contribution in [3.63, 3.8) is 0 Å². The van der Waals surface area contributed by atoms with Gasteiger partial charge in [0.1, 0.15) is 5.75 Å². The Labute approximate surface area is 185 Å². The number of phenols is 1. The summed E-state index contributed by atoms with van der Waals surface area (Å²) in [5.41, 5.74) is 2.17. The molecule has 1 aromatic rings. The largest absolute Gasteiger partial charge is 0.507 e. The molecule has 30 heavy (non-hydrogen) atoms. The van der Waals surface area contributed by atoms with Gasteiger partial charge in [-0.15, -0.1) is 0 Å². The molecular formula is C27H48O3. The number of aromatic hydroxyl groups is 1. The summed E-state index contributed by atoms with van der Waals surface area (Å²) in [4.78, 5) is 0. The first-order valence-electron chi connectivity index (χ1n) is 11.7. The summed E-state index contributed by atoms with van der Waals surface area (Å²) in [6, 6.07) is 2.10.